The predicted octanol–water partition coefficient (Wildman–Crippen LogP) is 2.70. The third-order valence-corrected chi connectivity index (χ3v) is 3.31. The summed E-state index contributed by atoms with van der Waals surface area (Å²) in [5.74, 6) is 0. The lowest BCUT2D eigenvalue weighted by Gasteiger charge is -2.16. The molecule has 0 aliphatic heterocycles. The number of thiocarbonyl (C=S) groups is 1. The number of nitrogens with one attached hydrogen (secondary N) is 2. The van der Waals surface area contributed by atoms with E-state index in [9.17, 15) is 0 Å². The van der Waals surface area contributed by atoms with Gasteiger partial charge in [-0.2, -0.15) is 11.3 Å². The van der Waals surface area contributed by atoms with Crippen LogP contribution in [0.15, 0.2) is 16.8 Å². The topological polar surface area (TPSA) is 33.3 Å². The Morgan fingerprint density at radius 2 is 2.41 bits per heavy atom. The summed E-state index contributed by atoms with van der Waals surface area (Å²) in [6.45, 7) is 6.52. The summed E-state index contributed by atoms with van der Waals surface area (Å²) in [5.41, 5.74) is 1.27. The second-order valence-corrected chi connectivity index (χ2v) is 4.92. The van der Waals surface area contributed by atoms with E-state index in [1.54, 1.807) is 11.3 Å². The van der Waals surface area contributed by atoms with Crippen LogP contribution in [0.3, 0.4) is 0 Å². The van der Waals surface area contributed by atoms with Crippen molar-refractivity contribution in [2.45, 2.75) is 26.3 Å². The largest absolute Gasteiger partial charge is 0.382 e. The second-order valence-electron chi connectivity index (χ2n) is 3.73. The van der Waals surface area contributed by atoms with E-state index in [2.05, 4.69) is 34.4 Å². The van der Waals surface area contributed by atoms with Crippen molar-refractivity contribution in [1.29, 1.82) is 0 Å². The van der Waals surface area contributed by atoms with Gasteiger partial charge in [0.15, 0.2) is 5.11 Å². The van der Waals surface area contributed by atoms with Crippen LogP contribution in [0.4, 0.5) is 0 Å². The third-order valence-electron chi connectivity index (χ3n) is 2.35. The molecule has 1 aromatic rings. The molecule has 1 heterocycles. The van der Waals surface area contributed by atoms with Gasteiger partial charge in [-0.05, 0) is 54.9 Å². The Hall–Kier alpha value is -0.650. The molecule has 17 heavy (non-hydrogen) atoms. The van der Waals surface area contributed by atoms with Crippen LogP contribution in [0.5, 0.6) is 0 Å². The standard InChI is InChI=1S/C12H20N2OS2/c1-3-15-7-4-6-13-12(16)14-10(2)11-5-8-17-9-11/h5,8-10H,3-4,6-7H2,1-2H3,(H2,13,14,16). The van der Waals surface area contributed by atoms with Gasteiger partial charge in [0.05, 0.1) is 6.04 Å². The average molecular weight is 272 g/mol. The Morgan fingerprint density at radius 3 is 3.06 bits per heavy atom. The molecular weight excluding hydrogens is 252 g/mol. The number of hydrogen-bond acceptors (Lipinski definition) is 3. The van der Waals surface area contributed by atoms with Crippen molar-refractivity contribution < 1.29 is 4.74 Å². The van der Waals surface area contributed by atoms with Crippen LogP contribution < -0.4 is 10.6 Å². The zero-order chi connectivity index (χ0) is 12.5. The quantitative estimate of drug-likeness (QED) is 0.591. The molecule has 1 atom stereocenters. The molecular formula is C12H20N2OS2. The third kappa shape index (κ3) is 6.00. The highest BCUT2D eigenvalue weighted by molar-refractivity contribution is 7.80. The van der Waals surface area contributed by atoms with Crippen molar-refractivity contribution in [3.8, 4) is 0 Å². The summed E-state index contributed by atoms with van der Waals surface area (Å²) in [5, 5.41) is 11.4. The van der Waals surface area contributed by atoms with Crippen LogP contribution >= 0.6 is 23.6 Å². The monoisotopic (exact) mass is 272 g/mol. The van der Waals surface area contributed by atoms with Gasteiger partial charge in [0.25, 0.3) is 0 Å². The summed E-state index contributed by atoms with van der Waals surface area (Å²) < 4.78 is 5.25. The Kier molecular flexibility index (Phi) is 7.16. The van der Waals surface area contributed by atoms with Crippen molar-refractivity contribution in [3.63, 3.8) is 0 Å². The first-order valence-electron chi connectivity index (χ1n) is 5.88. The van der Waals surface area contributed by atoms with Crippen molar-refractivity contribution in [3.05, 3.63) is 22.4 Å². The lowest BCUT2D eigenvalue weighted by molar-refractivity contribution is 0.145. The van der Waals surface area contributed by atoms with E-state index in [1.165, 1.54) is 5.56 Å². The summed E-state index contributed by atoms with van der Waals surface area (Å²) in [7, 11) is 0. The van der Waals surface area contributed by atoms with Crippen molar-refractivity contribution in [2.75, 3.05) is 19.8 Å². The maximum Gasteiger partial charge on any atom is 0.166 e. The molecule has 0 radical (unpaired) electrons. The maximum atomic E-state index is 5.25. The zero-order valence-electron chi connectivity index (χ0n) is 10.4. The first-order chi connectivity index (χ1) is 8.24. The number of hydrogen-bond donors (Lipinski definition) is 2. The minimum Gasteiger partial charge on any atom is -0.382 e. The van der Waals surface area contributed by atoms with Gasteiger partial charge in [0.1, 0.15) is 0 Å². The van der Waals surface area contributed by atoms with Crippen molar-refractivity contribution in [1.82, 2.24) is 10.6 Å². The normalized spacial score (nSPS) is 12.1. The fourth-order valence-corrected chi connectivity index (χ4v) is 2.41. The number of thiophene rings is 1. The summed E-state index contributed by atoms with van der Waals surface area (Å²) in [6.07, 6.45) is 0.975. The molecule has 3 nitrogen and oxygen atoms in total. The predicted molar refractivity (Wildman–Crippen MR) is 77.6 cm³/mol. The van der Waals surface area contributed by atoms with Crippen LogP contribution in [-0.4, -0.2) is 24.9 Å². The van der Waals surface area contributed by atoms with Crippen LogP contribution in [-0.2, 0) is 4.74 Å². The molecule has 0 aliphatic rings. The lowest BCUT2D eigenvalue weighted by atomic mass is 10.2. The SMILES string of the molecule is CCOCCCNC(=S)NC(C)c1ccsc1. The Labute approximate surface area is 113 Å². The molecule has 0 aliphatic carbocycles. The highest BCUT2D eigenvalue weighted by Crippen LogP contribution is 2.15. The highest BCUT2D eigenvalue weighted by atomic mass is 32.1. The van der Waals surface area contributed by atoms with E-state index in [4.69, 9.17) is 17.0 Å². The van der Waals surface area contributed by atoms with E-state index < -0.39 is 0 Å². The first kappa shape index (κ1) is 14.4. The second kappa shape index (κ2) is 8.44. The number of rotatable bonds is 7. The molecule has 1 unspecified atom stereocenters. The van der Waals surface area contributed by atoms with Crippen LogP contribution in [0.25, 0.3) is 0 Å². The van der Waals surface area contributed by atoms with Gasteiger partial charge in [0.2, 0.25) is 0 Å². The molecule has 0 fully saturated rings. The fraction of sp³-hybridized carbons (Fsp3) is 0.583. The molecule has 96 valence electrons. The molecule has 0 spiro atoms. The van der Waals surface area contributed by atoms with Gasteiger partial charge in [-0.25, -0.2) is 0 Å². The van der Waals surface area contributed by atoms with Crippen LogP contribution in [0, 0.1) is 0 Å². The van der Waals surface area contributed by atoms with Gasteiger partial charge in [-0.15, -0.1) is 0 Å². The van der Waals surface area contributed by atoms with Gasteiger partial charge in [-0.3, -0.25) is 0 Å². The molecule has 0 saturated carbocycles. The molecule has 1 rings (SSSR count). The molecule has 1 aromatic heterocycles. The Morgan fingerprint density at radius 1 is 1.59 bits per heavy atom. The van der Waals surface area contributed by atoms with Crippen LogP contribution in [0.1, 0.15) is 31.9 Å². The van der Waals surface area contributed by atoms with Crippen LogP contribution in [0.2, 0.25) is 0 Å². The molecule has 2 N–H and O–H groups in total. The van der Waals surface area contributed by atoms with E-state index in [1.807, 2.05) is 6.92 Å². The average Bonchev–Trinajstić information content (AvgIpc) is 2.82. The summed E-state index contributed by atoms with van der Waals surface area (Å²) >= 11 is 6.92. The summed E-state index contributed by atoms with van der Waals surface area (Å²) in [4.78, 5) is 0. The van der Waals surface area contributed by atoms with Gasteiger partial charge in [-0.1, -0.05) is 0 Å². The van der Waals surface area contributed by atoms with E-state index in [0.717, 1.165) is 26.2 Å². The summed E-state index contributed by atoms with van der Waals surface area (Å²) in [6, 6.07) is 2.37. The lowest BCUT2D eigenvalue weighted by Crippen LogP contribution is -2.37. The Bertz CT molecular complexity index is 314. The minimum absolute atomic E-state index is 0.258. The maximum absolute atomic E-state index is 5.25. The van der Waals surface area contributed by atoms with E-state index in [0.29, 0.717) is 5.11 Å². The molecule has 5 heteroatoms. The zero-order valence-corrected chi connectivity index (χ0v) is 12.0. The van der Waals surface area contributed by atoms with E-state index >= 15 is 0 Å². The van der Waals surface area contributed by atoms with Gasteiger partial charge >= 0.3 is 0 Å². The highest BCUT2D eigenvalue weighted by Gasteiger charge is 2.06. The smallest absolute Gasteiger partial charge is 0.166 e. The fourth-order valence-electron chi connectivity index (χ4n) is 1.37. The van der Waals surface area contributed by atoms with Gasteiger partial charge < -0.3 is 15.4 Å². The molecule has 0 saturated heterocycles. The van der Waals surface area contributed by atoms with Gasteiger partial charge in [0, 0.05) is 19.8 Å². The minimum atomic E-state index is 0.258. The molecule has 0 bridgehead atoms. The number of ether oxygens (including phenoxy) is 1. The Balaban J connectivity index is 2.12. The van der Waals surface area contributed by atoms with Crippen molar-refractivity contribution >= 4 is 28.7 Å². The first-order valence-corrected chi connectivity index (χ1v) is 7.23. The molecule has 0 aromatic carbocycles. The molecule has 0 amide bonds. The van der Waals surface area contributed by atoms with E-state index in [-0.39, 0.29) is 6.04 Å². The van der Waals surface area contributed by atoms with Crippen molar-refractivity contribution in [2.24, 2.45) is 0 Å².